The zero-order valence-corrected chi connectivity index (χ0v) is 16.9. The van der Waals surface area contributed by atoms with Gasteiger partial charge in [0.15, 0.2) is 0 Å². The van der Waals surface area contributed by atoms with E-state index in [0.717, 1.165) is 39.4 Å². The molecular formula is C23H20N6O. The van der Waals surface area contributed by atoms with E-state index in [-0.39, 0.29) is 0 Å². The summed E-state index contributed by atoms with van der Waals surface area (Å²) in [5.41, 5.74) is 6.46. The van der Waals surface area contributed by atoms with E-state index in [1.807, 2.05) is 62.1 Å². The van der Waals surface area contributed by atoms with E-state index in [9.17, 15) is 0 Å². The van der Waals surface area contributed by atoms with Crippen LogP contribution in [0.2, 0.25) is 0 Å². The molecular weight excluding hydrogens is 376 g/mol. The Morgan fingerprint density at radius 3 is 2.43 bits per heavy atom. The number of nitrogens with zero attached hydrogens (tertiary/aromatic N) is 6. The van der Waals surface area contributed by atoms with Gasteiger partial charge in [-0.05, 0) is 42.8 Å². The predicted octanol–water partition coefficient (Wildman–Crippen LogP) is 4.49. The summed E-state index contributed by atoms with van der Waals surface area (Å²) in [5, 5.41) is 8.53. The molecule has 0 atom stereocenters. The fraction of sp³-hybridized carbons (Fsp3) is 0.130. The van der Waals surface area contributed by atoms with E-state index >= 15 is 0 Å². The van der Waals surface area contributed by atoms with E-state index in [1.54, 1.807) is 6.20 Å². The number of anilines is 1. The first-order valence-corrected chi connectivity index (χ1v) is 9.61. The molecule has 0 radical (unpaired) electrons. The summed E-state index contributed by atoms with van der Waals surface area (Å²) >= 11 is 0. The molecule has 7 nitrogen and oxygen atoms in total. The third-order valence-corrected chi connectivity index (χ3v) is 5.03. The van der Waals surface area contributed by atoms with Gasteiger partial charge < -0.3 is 9.32 Å². The van der Waals surface area contributed by atoms with Gasteiger partial charge in [-0.1, -0.05) is 18.2 Å². The number of rotatable bonds is 4. The molecule has 30 heavy (non-hydrogen) atoms. The largest absolute Gasteiger partial charge is 0.415 e. The van der Waals surface area contributed by atoms with Crippen molar-refractivity contribution in [3.8, 4) is 34.2 Å². The van der Waals surface area contributed by atoms with Gasteiger partial charge in [-0.2, -0.15) is 0 Å². The van der Waals surface area contributed by atoms with Gasteiger partial charge in [-0.15, -0.1) is 10.2 Å². The lowest BCUT2D eigenvalue weighted by molar-refractivity contribution is 0.580. The van der Waals surface area contributed by atoms with Crippen molar-refractivity contribution in [1.29, 1.82) is 0 Å². The van der Waals surface area contributed by atoms with Crippen molar-refractivity contribution < 1.29 is 4.42 Å². The molecule has 4 aromatic heterocycles. The molecule has 7 heteroatoms. The van der Waals surface area contributed by atoms with Crippen LogP contribution in [0.1, 0.15) is 5.69 Å². The predicted molar refractivity (Wildman–Crippen MR) is 116 cm³/mol. The molecule has 0 bridgehead atoms. The van der Waals surface area contributed by atoms with Crippen molar-refractivity contribution in [1.82, 2.24) is 24.6 Å². The summed E-state index contributed by atoms with van der Waals surface area (Å²) in [4.78, 5) is 11.0. The van der Waals surface area contributed by atoms with Crippen LogP contribution in [0.3, 0.4) is 0 Å². The van der Waals surface area contributed by atoms with Crippen molar-refractivity contribution in [2.75, 3.05) is 19.0 Å². The van der Waals surface area contributed by atoms with E-state index in [1.165, 1.54) is 0 Å². The number of hydrogen-bond acceptors (Lipinski definition) is 6. The van der Waals surface area contributed by atoms with E-state index in [4.69, 9.17) is 4.42 Å². The minimum Gasteiger partial charge on any atom is -0.415 e. The Hall–Kier alpha value is -4.00. The molecule has 5 aromatic rings. The number of aryl methyl sites for hydroxylation is 1. The summed E-state index contributed by atoms with van der Waals surface area (Å²) in [5.74, 6) is 0.858. The molecule has 148 valence electrons. The van der Waals surface area contributed by atoms with Gasteiger partial charge in [-0.25, -0.2) is 4.98 Å². The second kappa shape index (κ2) is 7.11. The number of pyridine rings is 2. The van der Waals surface area contributed by atoms with Crippen molar-refractivity contribution >= 4 is 11.3 Å². The summed E-state index contributed by atoms with van der Waals surface area (Å²) in [6.45, 7) is 1.94. The maximum atomic E-state index is 6.01. The highest BCUT2D eigenvalue weighted by Crippen LogP contribution is 2.29. The Morgan fingerprint density at radius 2 is 1.63 bits per heavy atom. The third-order valence-electron chi connectivity index (χ3n) is 5.03. The lowest BCUT2D eigenvalue weighted by Crippen LogP contribution is -2.07. The van der Waals surface area contributed by atoms with Crippen molar-refractivity contribution in [3.63, 3.8) is 0 Å². The molecule has 0 saturated heterocycles. The van der Waals surface area contributed by atoms with Crippen LogP contribution in [0.5, 0.6) is 0 Å². The third kappa shape index (κ3) is 3.10. The second-order valence-corrected chi connectivity index (χ2v) is 7.29. The van der Waals surface area contributed by atoms with Crippen molar-refractivity contribution in [3.05, 3.63) is 72.8 Å². The van der Waals surface area contributed by atoms with Gasteiger partial charge >= 0.3 is 0 Å². The SMILES string of the molecule is Cc1nc2ccccn2c1-c1nnc(-c2cncc(-c3ccc(N(C)C)cc3)c2)o1. The first-order valence-electron chi connectivity index (χ1n) is 9.61. The molecule has 0 unspecified atom stereocenters. The maximum Gasteiger partial charge on any atom is 0.266 e. The highest BCUT2D eigenvalue weighted by Gasteiger charge is 2.18. The standard InChI is InChI=1S/C23H20N6O/c1-15-21(29-11-5-4-6-20(29)25-15)23-27-26-22(30-23)18-12-17(13-24-14-18)16-7-9-19(10-8-16)28(2)3/h4-14H,1-3H3. The van der Waals surface area contributed by atoms with Crippen LogP contribution in [-0.4, -0.2) is 38.7 Å². The van der Waals surface area contributed by atoms with E-state index in [2.05, 4.69) is 49.3 Å². The van der Waals surface area contributed by atoms with E-state index in [0.29, 0.717) is 11.8 Å². The highest BCUT2D eigenvalue weighted by atomic mass is 16.4. The van der Waals surface area contributed by atoms with Gasteiger partial charge in [-0.3, -0.25) is 9.38 Å². The van der Waals surface area contributed by atoms with Gasteiger partial charge in [0, 0.05) is 43.9 Å². The fourth-order valence-electron chi connectivity index (χ4n) is 3.47. The summed E-state index contributed by atoms with van der Waals surface area (Å²) in [6.07, 6.45) is 5.50. The Balaban J connectivity index is 1.51. The Kier molecular flexibility index (Phi) is 4.28. The van der Waals surface area contributed by atoms with Crippen LogP contribution in [0.15, 0.2) is 71.5 Å². The number of aromatic nitrogens is 5. The smallest absolute Gasteiger partial charge is 0.266 e. The first-order chi connectivity index (χ1) is 14.6. The first kappa shape index (κ1) is 18.1. The number of benzene rings is 1. The van der Waals surface area contributed by atoms with Crippen LogP contribution in [0.4, 0.5) is 5.69 Å². The zero-order valence-electron chi connectivity index (χ0n) is 16.9. The lowest BCUT2D eigenvalue weighted by atomic mass is 10.1. The monoisotopic (exact) mass is 396 g/mol. The molecule has 0 aliphatic heterocycles. The molecule has 0 N–H and O–H groups in total. The normalized spacial score (nSPS) is 11.2. The second-order valence-electron chi connectivity index (χ2n) is 7.29. The van der Waals surface area contributed by atoms with Crippen LogP contribution in [0, 0.1) is 6.92 Å². The van der Waals surface area contributed by atoms with Crippen LogP contribution in [0.25, 0.3) is 39.8 Å². The number of fused-ring (bicyclic) bond motifs is 1. The summed E-state index contributed by atoms with van der Waals surface area (Å²) < 4.78 is 7.97. The Bertz CT molecular complexity index is 1330. The average Bonchev–Trinajstić information content (AvgIpc) is 3.37. The van der Waals surface area contributed by atoms with Gasteiger partial charge in [0.05, 0.1) is 11.3 Å². The minimum absolute atomic E-state index is 0.426. The Morgan fingerprint density at radius 1 is 0.867 bits per heavy atom. The van der Waals surface area contributed by atoms with Crippen LogP contribution >= 0.6 is 0 Å². The molecule has 0 aliphatic rings. The van der Waals surface area contributed by atoms with Crippen LogP contribution in [-0.2, 0) is 0 Å². The van der Waals surface area contributed by atoms with Crippen molar-refractivity contribution in [2.45, 2.75) is 6.92 Å². The highest BCUT2D eigenvalue weighted by molar-refractivity contribution is 5.70. The topological polar surface area (TPSA) is 72.3 Å². The average molecular weight is 396 g/mol. The summed E-state index contributed by atoms with van der Waals surface area (Å²) in [7, 11) is 4.05. The molecule has 0 spiro atoms. The maximum absolute atomic E-state index is 6.01. The van der Waals surface area contributed by atoms with Crippen LogP contribution < -0.4 is 4.90 Å². The molecule has 0 amide bonds. The number of imidazole rings is 1. The molecule has 0 aliphatic carbocycles. The zero-order chi connectivity index (χ0) is 20.7. The minimum atomic E-state index is 0.426. The molecule has 0 fully saturated rings. The quantitative estimate of drug-likeness (QED) is 0.446. The molecule has 0 saturated carbocycles. The molecule has 5 rings (SSSR count). The molecule has 4 heterocycles. The van der Waals surface area contributed by atoms with Gasteiger partial charge in [0.25, 0.3) is 5.89 Å². The summed E-state index contributed by atoms with van der Waals surface area (Å²) in [6, 6.07) is 16.2. The fourth-order valence-corrected chi connectivity index (χ4v) is 3.47. The number of hydrogen-bond donors (Lipinski definition) is 0. The lowest BCUT2D eigenvalue weighted by Gasteiger charge is -2.12. The molecule has 1 aromatic carbocycles. The Labute approximate surface area is 173 Å². The van der Waals surface area contributed by atoms with E-state index < -0.39 is 0 Å². The van der Waals surface area contributed by atoms with Crippen molar-refractivity contribution in [2.24, 2.45) is 0 Å². The van der Waals surface area contributed by atoms with Gasteiger partial charge in [0.1, 0.15) is 11.3 Å². The van der Waals surface area contributed by atoms with Gasteiger partial charge in [0.2, 0.25) is 5.89 Å².